The number of hydrogen-bond donors (Lipinski definition) is 1. The summed E-state index contributed by atoms with van der Waals surface area (Å²) in [5.41, 5.74) is -1.92. The second-order valence-electron chi connectivity index (χ2n) is 7.49. The van der Waals surface area contributed by atoms with Crippen LogP contribution in [-0.4, -0.2) is 43.4 Å². The average Bonchev–Trinajstić information content (AvgIpc) is 3.23. The highest BCUT2D eigenvalue weighted by atomic mass is 19.1. The van der Waals surface area contributed by atoms with Gasteiger partial charge in [0.2, 0.25) is 0 Å². The molecule has 4 rings (SSSR count). The lowest BCUT2D eigenvalue weighted by Crippen LogP contribution is -2.41. The molecule has 3 aromatic carbocycles. The number of carboxylic acid groups (broad SMARTS) is 1. The summed E-state index contributed by atoms with van der Waals surface area (Å²) in [6, 6.07) is 14.4. The van der Waals surface area contributed by atoms with Gasteiger partial charge in [-0.15, -0.1) is 4.68 Å². The predicted molar refractivity (Wildman–Crippen MR) is 124 cm³/mol. The normalized spacial score (nSPS) is 10.8. The quantitative estimate of drug-likeness (QED) is 0.384. The molecular weight excluding hydrogens is 476 g/mol. The van der Waals surface area contributed by atoms with E-state index in [9.17, 15) is 28.3 Å². The van der Waals surface area contributed by atoms with E-state index < -0.39 is 35.0 Å². The molecule has 0 aliphatic rings. The van der Waals surface area contributed by atoms with Gasteiger partial charge in [0.1, 0.15) is 11.4 Å². The number of hydrogen-bond acceptors (Lipinski definition) is 6. The molecule has 0 saturated heterocycles. The summed E-state index contributed by atoms with van der Waals surface area (Å²) in [7, 11) is 0. The minimum absolute atomic E-state index is 0.0310. The molecular formula is C24H19F2N5O5. The molecule has 0 radical (unpaired) electrons. The van der Waals surface area contributed by atoms with Crippen molar-refractivity contribution in [2.75, 3.05) is 11.4 Å². The van der Waals surface area contributed by atoms with Gasteiger partial charge in [-0.3, -0.25) is 4.90 Å². The van der Waals surface area contributed by atoms with Crippen molar-refractivity contribution in [1.82, 2.24) is 19.8 Å². The van der Waals surface area contributed by atoms with Crippen LogP contribution < -0.4 is 15.3 Å². The Balaban J connectivity index is 1.79. The summed E-state index contributed by atoms with van der Waals surface area (Å²) >= 11 is 0. The zero-order valence-corrected chi connectivity index (χ0v) is 18.8. The van der Waals surface area contributed by atoms with E-state index in [4.69, 9.17) is 4.74 Å². The number of carbonyl (C=O) groups excluding carboxylic acids is 1. The Morgan fingerprint density at radius 2 is 1.69 bits per heavy atom. The first-order valence-corrected chi connectivity index (χ1v) is 10.7. The highest BCUT2D eigenvalue weighted by molar-refractivity contribution is 5.96. The molecule has 36 heavy (non-hydrogen) atoms. The minimum Gasteiger partial charge on any atom is -0.478 e. The molecule has 0 fully saturated rings. The van der Waals surface area contributed by atoms with E-state index in [0.29, 0.717) is 21.5 Å². The van der Waals surface area contributed by atoms with Crippen molar-refractivity contribution in [2.24, 2.45) is 0 Å². The van der Waals surface area contributed by atoms with Gasteiger partial charge in [0, 0.05) is 6.54 Å². The summed E-state index contributed by atoms with van der Waals surface area (Å²) in [6.07, 6.45) is 0.433. The first-order valence-electron chi connectivity index (χ1n) is 10.7. The lowest BCUT2D eigenvalue weighted by Gasteiger charge is -2.24. The number of para-hydroxylation sites is 2. The van der Waals surface area contributed by atoms with Crippen molar-refractivity contribution >= 4 is 17.7 Å². The molecule has 1 N–H and O–H groups in total. The van der Waals surface area contributed by atoms with E-state index in [2.05, 4.69) is 10.4 Å². The maximum Gasteiger partial charge on any atom is 0.377 e. The summed E-state index contributed by atoms with van der Waals surface area (Å²) in [6.45, 7) is 1.85. The molecule has 1 aromatic heterocycles. The molecule has 0 atom stereocenters. The van der Waals surface area contributed by atoms with E-state index in [1.807, 2.05) is 0 Å². The van der Waals surface area contributed by atoms with E-state index in [0.717, 1.165) is 23.1 Å². The summed E-state index contributed by atoms with van der Waals surface area (Å²) in [5.74, 6) is -2.93. The third kappa shape index (κ3) is 4.69. The number of ether oxygens (including phenoxy) is 1. The first kappa shape index (κ1) is 24.3. The van der Waals surface area contributed by atoms with Crippen LogP contribution >= 0.6 is 0 Å². The Hall–Kier alpha value is -4.87. The first-order chi connectivity index (χ1) is 17.3. The van der Waals surface area contributed by atoms with Gasteiger partial charge in [-0.05, 0) is 59.3 Å². The molecule has 0 bridgehead atoms. The molecule has 4 aromatic rings. The van der Waals surface area contributed by atoms with Gasteiger partial charge in [0.15, 0.2) is 17.4 Å². The van der Waals surface area contributed by atoms with Gasteiger partial charge in [-0.1, -0.05) is 31.2 Å². The van der Waals surface area contributed by atoms with Crippen LogP contribution in [0.4, 0.5) is 19.3 Å². The Labute approximate surface area is 202 Å². The number of anilines is 1. The molecule has 1 amide bonds. The van der Waals surface area contributed by atoms with Gasteiger partial charge in [-0.25, -0.2) is 23.2 Å². The smallest absolute Gasteiger partial charge is 0.377 e. The highest BCUT2D eigenvalue weighted by Gasteiger charge is 2.27. The van der Waals surface area contributed by atoms with Crippen molar-refractivity contribution in [1.29, 1.82) is 0 Å². The molecule has 0 aliphatic carbocycles. The number of carboxylic acids is 1. The van der Waals surface area contributed by atoms with Crippen LogP contribution in [-0.2, 0) is 0 Å². The molecule has 10 nitrogen and oxygen atoms in total. The van der Waals surface area contributed by atoms with Crippen molar-refractivity contribution in [2.45, 2.75) is 13.3 Å². The van der Waals surface area contributed by atoms with Gasteiger partial charge in [-0.2, -0.15) is 4.68 Å². The number of nitrogens with zero attached hydrogens (tertiary/aromatic N) is 5. The second kappa shape index (κ2) is 10.2. The Kier molecular flexibility index (Phi) is 6.86. The van der Waals surface area contributed by atoms with Crippen LogP contribution in [0.1, 0.15) is 23.7 Å². The number of aromatic carboxylic acids is 1. The van der Waals surface area contributed by atoms with E-state index in [1.165, 1.54) is 18.2 Å². The zero-order valence-electron chi connectivity index (χ0n) is 18.8. The van der Waals surface area contributed by atoms with Crippen LogP contribution in [0.15, 0.2) is 71.5 Å². The molecule has 0 spiro atoms. The maximum absolute atomic E-state index is 14.2. The highest BCUT2D eigenvalue weighted by Crippen LogP contribution is 2.34. The average molecular weight is 495 g/mol. The fourth-order valence-electron chi connectivity index (χ4n) is 3.42. The van der Waals surface area contributed by atoms with Gasteiger partial charge in [0.05, 0.1) is 11.3 Å². The Morgan fingerprint density at radius 3 is 2.33 bits per heavy atom. The van der Waals surface area contributed by atoms with Crippen molar-refractivity contribution in [3.63, 3.8) is 0 Å². The Morgan fingerprint density at radius 1 is 1.00 bits per heavy atom. The van der Waals surface area contributed by atoms with Gasteiger partial charge >= 0.3 is 17.7 Å². The number of rotatable bonds is 7. The molecule has 1 heterocycles. The molecule has 184 valence electrons. The molecule has 0 unspecified atom stereocenters. The summed E-state index contributed by atoms with van der Waals surface area (Å²) in [4.78, 5) is 39.0. The third-order valence-corrected chi connectivity index (χ3v) is 5.06. The fourth-order valence-corrected chi connectivity index (χ4v) is 3.42. The van der Waals surface area contributed by atoms with Crippen LogP contribution in [0, 0.1) is 11.6 Å². The molecule has 0 saturated carbocycles. The number of halogens is 2. The lowest BCUT2D eigenvalue weighted by atomic mass is 10.1. The van der Waals surface area contributed by atoms with Crippen molar-refractivity contribution in [3.8, 4) is 17.2 Å². The number of benzene rings is 3. The third-order valence-electron chi connectivity index (χ3n) is 5.06. The lowest BCUT2D eigenvalue weighted by molar-refractivity contribution is 0.0696. The fraction of sp³-hybridized carbons (Fsp3) is 0.125. The standard InChI is InChI=1S/C24H19F2N5O5/c1-2-13-29(19-12-11-15(22(32)33)14-20(19)36-16-7-4-3-5-8-16)23(34)31-24(35)30(27-28-31)21-17(25)9-6-10-18(21)26/h3-12,14H,2,13H2,1H3,(H,32,33). The number of carbonyl (C=O) groups is 2. The van der Waals surface area contributed by atoms with E-state index in [-0.39, 0.29) is 23.5 Å². The van der Waals surface area contributed by atoms with E-state index in [1.54, 1.807) is 37.3 Å². The minimum atomic E-state index is -1.21. The van der Waals surface area contributed by atoms with E-state index >= 15 is 0 Å². The second-order valence-corrected chi connectivity index (χ2v) is 7.49. The van der Waals surface area contributed by atoms with Crippen molar-refractivity contribution < 1.29 is 28.2 Å². The largest absolute Gasteiger partial charge is 0.478 e. The van der Waals surface area contributed by atoms with Crippen LogP contribution in [0.5, 0.6) is 11.5 Å². The topological polar surface area (TPSA) is 120 Å². The maximum atomic E-state index is 14.2. The van der Waals surface area contributed by atoms with Crippen molar-refractivity contribution in [3.05, 3.63) is 94.4 Å². The monoisotopic (exact) mass is 495 g/mol. The zero-order chi connectivity index (χ0) is 25.8. The van der Waals surface area contributed by atoms with Crippen LogP contribution in [0.3, 0.4) is 0 Å². The van der Waals surface area contributed by atoms with Crippen LogP contribution in [0.25, 0.3) is 5.69 Å². The van der Waals surface area contributed by atoms with Gasteiger partial charge in [0.25, 0.3) is 0 Å². The predicted octanol–water partition coefficient (Wildman–Crippen LogP) is 4.08. The number of amides is 1. The summed E-state index contributed by atoms with van der Waals surface area (Å²) < 4.78 is 35.0. The van der Waals surface area contributed by atoms with Gasteiger partial charge < -0.3 is 9.84 Å². The molecule has 12 heteroatoms. The van der Waals surface area contributed by atoms with Crippen LogP contribution in [0.2, 0.25) is 0 Å². The number of aromatic nitrogens is 4. The summed E-state index contributed by atoms with van der Waals surface area (Å²) in [5, 5.41) is 16.4. The molecule has 0 aliphatic heterocycles. The number of tetrazole rings is 1. The SMILES string of the molecule is CCCN(C(=O)n1nnn(-c2c(F)cccc2F)c1=O)c1ccc(C(=O)O)cc1Oc1ccccc1. The Bertz CT molecular complexity index is 1470.